The molecule has 0 aliphatic heterocycles. The van der Waals surface area contributed by atoms with Crippen LogP contribution in [0.1, 0.15) is 18.5 Å². The molecule has 0 aliphatic carbocycles. The van der Waals surface area contributed by atoms with Gasteiger partial charge in [0.1, 0.15) is 18.0 Å². The number of ether oxygens (including phenoxy) is 2. The zero-order chi connectivity index (χ0) is 34.0. The van der Waals surface area contributed by atoms with Crippen molar-refractivity contribution in [2.45, 2.75) is 25.4 Å². The number of amides is 1. The Hall–Kier alpha value is -4.35. The summed E-state index contributed by atoms with van der Waals surface area (Å²) in [5, 5.41) is 13.2. The molecule has 0 saturated carbocycles. The summed E-state index contributed by atoms with van der Waals surface area (Å²) < 4.78 is 78.3. The fraction of sp³-hybridized carbons (Fsp3) is 0.357. The second-order valence-corrected chi connectivity index (χ2v) is 11.4. The van der Waals surface area contributed by atoms with Crippen LogP contribution in [0, 0.1) is 5.82 Å². The molecule has 254 valence electrons. The Balaban J connectivity index is 1.36. The van der Waals surface area contributed by atoms with Crippen LogP contribution in [0.15, 0.2) is 48.8 Å². The summed E-state index contributed by atoms with van der Waals surface area (Å²) in [4.78, 5) is 40.0. The first-order chi connectivity index (χ1) is 22.3. The largest absolute Gasteiger partial charge is 0.493 e. The zero-order valence-electron chi connectivity index (χ0n) is 25.0. The highest BCUT2D eigenvalue weighted by Gasteiger charge is 2.28. The highest BCUT2D eigenvalue weighted by molar-refractivity contribution is 7.46. The monoisotopic (exact) mass is 685 g/mol. The van der Waals surface area contributed by atoms with E-state index in [0.29, 0.717) is 45.4 Å². The third-order valence-corrected chi connectivity index (χ3v) is 7.03. The minimum atomic E-state index is -4.75. The predicted molar refractivity (Wildman–Crippen MR) is 162 cm³/mol. The van der Waals surface area contributed by atoms with Crippen molar-refractivity contribution in [1.29, 1.82) is 0 Å². The first kappa shape index (κ1) is 35.5. The number of phosphoric ester groups is 1. The summed E-state index contributed by atoms with van der Waals surface area (Å²) in [6, 6.07) is 10.4. The number of carbonyl (C=O) groups is 1. The fourth-order valence-corrected chi connectivity index (χ4v) is 4.72. The number of benzene rings is 2. The lowest BCUT2D eigenvalue weighted by atomic mass is 10.2. The minimum Gasteiger partial charge on any atom is -0.493 e. The molecule has 0 saturated heterocycles. The van der Waals surface area contributed by atoms with E-state index in [0.717, 1.165) is 0 Å². The maximum Gasteiger partial charge on any atom is 0.469 e. The number of H-pyrrole nitrogens is 1. The number of carbonyl (C=O) groups excluding carboxylic acids is 1. The molecule has 0 atom stereocenters. The number of phosphoric acid groups is 1. The third kappa shape index (κ3) is 11.8. The standard InChI is InChI=1S/C28H32F4N7O7P/c1-44-23-15-21-22(16-24(23)45-10-3-7-39(8-6-28(30,31)32)9-11-46-47(41,42)43)33-17-34-27(21)36-25-13-20(37-38-25)14-26(40)35-19-5-2-4-18(29)12-19/h2,4-5,12-13,15-17H,3,6-11,14H2,1H3,(H,35,40)(H2,41,42,43)(H2,33,34,36,37,38). The second-order valence-electron chi connectivity index (χ2n) is 10.1. The molecule has 2 aromatic carbocycles. The van der Waals surface area contributed by atoms with Gasteiger partial charge < -0.3 is 34.8 Å². The summed E-state index contributed by atoms with van der Waals surface area (Å²) in [6.45, 7) is -0.705. The van der Waals surface area contributed by atoms with E-state index in [1.807, 2.05) is 0 Å². The van der Waals surface area contributed by atoms with Gasteiger partial charge in [-0.15, -0.1) is 0 Å². The smallest absolute Gasteiger partial charge is 0.469 e. The van der Waals surface area contributed by atoms with Crippen LogP contribution in [0.3, 0.4) is 0 Å². The normalized spacial score (nSPS) is 12.0. The zero-order valence-corrected chi connectivity index (χ0v) is 25.9. The lowest BCUT2D eigenvalue weighted by molar-refractivity contribution is -0.138. The van der Waals surface area contributed by atoms with E-state index in [4.69, 9.17) is 19.3 Å². The van der Waals surface area contributed by atoms with Gasteiger partial charge in [-0.05, 0) is 30.7 Å². The molecular weight excluding hydrogens is 653 g/mol. The Morgan fingerprint density at radius 2 is 1.87 bits per heavy atom. The number of nitrogens with zero attached hydrogens (tertiary/aromatic N) is 4. The summed E-state index contributed by atoms with van der Waals surface area (Å²) in [7, 11) is -3.32. The highest BCUT2D eigenvalue weighted by Crippen LogP contribution is 2.36. The summed E-state index contributed by atoms with van der Waals surface area (Å²) >= 11 is 0. The number of alkyl halides is 3. The number of nitrogens with one attached hydrogen (secondary N) is 3. The lowest BCUT2D eigenvalue weighted by Gasteiger charge is -2.23. The number of hydrogen-bond acceptors (Lipinski definition) is 10. The maximum atomic E-state index is 13.4. The van der Waals surface area contributed by atoms with E-state index >= 15 is 0 Å². The highest BCUT2D eigenvalue weighted by atomic mass is 31.2. The number of fused-ring (bicyclic) bond motifs is 1. The minimum absolute atomic E-state index is 0.0501. The Morgan fingerprint density at radius 3 is 2.60 bits per heavy atom. The first-order valence-corrected chi connectivity index (χ1v) is 15.6. The summed E-state index contributed by atoms with van der Waals surface area (Å²) in [5.74, 6) is 0.538. The van der Waals surface area contributed by atoms with Gasteiger partial charge in [0, 0.05) is 48.5 Å². The molecule has 0 spiro atoms. The maximum absolute atomic E-state index is 13.4. The number of hydrogen-bond donors (Lipinski definition) is 5. The molecule has 5 N–H and O–H groups in total. The Morgan fingerprint density at radius 1 is 1.06 bits per heavy atom. The van der Waals surface area contributed by atoms with Gasteiger partial charge in [-0.3, -0.25) is 14.4 Å². The van der Waals surface area contributed by atoms with Gasteiger partial charge in [-0.1, -0.05) is 6.07 Å². The fourth-order valence-electron chi connectivity index (χ4n) is 4.40. The molecular formula is C28H32F4N7O7P. The Bertz CT molecular complexity index is 1700. The van der Waals surface area contributed by atoms with E-state index in [-0.39, 0.29) is 45.0 Å². The van der Waals surface area contributed by atoms with Crippen molar-refractivity contribution in [3.63, 3.8) is 0 Å². The molecule has 2 heterocycles. The molecule has 47 heavy (non-hydrogen) atoms. The molecule has 0 fully saturated rings. The van der Waals surface area contributed by atoms with Crippen LogP contribution in [0.25, 0.3) is 10.9 Å². The van der Waals surface area contributed by atoms with Gasteiger partial charge in [0.2, 0.25) is 5.91 Å². The van der Waals surface area contributed by atoms with Crippen LogP contribution >= 0.6 is 7.82 Å². The molecule has 14 nitrogen and oxygen atoms in total. The van der Waals surface area contributed by atoms with Crippen molar-refractivity contribution < 1.29 is 50.7 Å². The molecule has 0 aliphatic rings. The average Bonchev–Trinajstić information content (AvgIpc) is 3.42. The Kier molecular flexibility index (Phi) is 12.1. The van der Waals surface area contributed by atoms with Gasteiger partial charge in [0.05, 0.1) is 38.7 Å². The number of anilines is 3. The molecule has 0 unspecified atom stereocenters. The van der Waals surface area contributed by atoms with Crippen LogP contribution in [-0.2, 0) is 20.3 Å². The van der Waals surface area contributed by atoms with E-state index in [1.165, 1.54) is 36.5 Å². The van der Waals surface area contributed by atoms with E-state index in [1.54, 1.807) is 24.3 Å². The lowest BCUT2D eigenvalue weighted by Crippen LogP contribution is -2.32. The number of aromatic amines is 1. The quantitative estimate of drug-likeness (QED) is 0.0594. The van der Waals surface area contributed by atoms with Crippen LogP contribution < -0.4 is 20.1 Å². The molecule has 0 bridgehead atoms. The van der Waals surface area contributed by atoms with Crippen molar-refractivity contribution in [2.75, 3.05) is 50.6 Å². The van der Waals surface area contributed by atoms with E-state index in [9.17, 15) is 26.9 Å². The van der Waals surface area contributed by atoms with E-state index < -0.39 is 32.8 Å². The van der Waals surface area contributed by atoms with Crippen LogP contribution in [-0.4, -0.2) is 86.9 Å². The first-order valence-electron chi connectivity index (χ1n) is 14.1. The second kappa shape index (κ2) is 16.0. The molecule has 19 heteroatoms. The van der Waals surface area contributed by atoms with Gasteiger partial charge in [-0.25, -0.2) is 18.9 Å². The van der Waals surface area contributed by atoms with E-state index in [2.05, 4.69) is 35.3 Å². The van der Waals surface area contributed by atoms with Crippen molar-refractivity contribution >= 4 is 42.0 Å². The number of methoxy groups -OCH3 is 1. The van der Waals surface area contributed by atoms with Crippen LogP contribution in [0.2, 0.25) is 0 Å². The third-order valence-electron chi connectivity index (χ3n) is 6.51. The van der Waals surface area contributed by atoms with Crippen LogP contribution in [0.5, 0.6) is 11.5 Å². The SMILES string of the molecule is COc1cc2c(Nc3cc(CC(=O)Nc4cccc(F)c4)[nH]n3)ncnc2cc1OCCCN(CCOP(=O)(O)O)CCC(F)(F)F. The predicted octanol–water partition coefficient (Wildman–Crippen LogP) is 4.56. The molecule has 0 radical (unpaired) electrons. The van der Waals surface area contributed by atoms with Crippen molar-refractivity contribution in [2.24, 2.45) is 0 Å². The van der Waals surface area contributed by atoms with Crippen LogP contribution in [0.4, 0.5) is 34.9 Å². The molecule has 4 rings (SSSR count). The summed E-state index contributed by atoms with van der Waals surface area (Å²) in [6.07, 6.45) is -3.93. The average molecular weight is 686 g/mol. The van der Waals surface area contributed by atoms with Gasteiger partial charge >= 0.3 is 14.0 Å². The van der Waals surface area contributed by atoms with Crippen molar-refractivity contribution in [3.05, 3.63) is 60.3 Å². The van der Waals surface area contributed by atoms with Gasteiger partial charge in [-0.2, -0.15) is 18.3 Å². The number of halogens is 4. The van der Waals surface area contributed by atoms with Gasteiger partial charge in [0.25, 0.3) is 0 Å². The molecule has 1 amide bonds. The molecule has 4 aromatic rings. The van der Waals surface area contributed by atoms with Crippen molar-refractivity contribution in [1.82, 2.24) is 25.1 Å². The number of rotatable bonds is 17. The van der Waals surface area contributed by atoms with Crippen molar-refractivity contribution in [3.8, 4) is 11.5 Å². The summed E-state index contributed by atoms with van der Waals surface area (Å²) in [5.41, 5.74) is 1.29. The van der Waals surface area contributed by atoms with Gasteiger partial charge in [0.15, 0.2) is 17.3 Å². The number of aromatic nitrogens is 4. The topological polar surface area (TPSA) is 184 Å². The Labute approximate surface area is 265 Å². The molecule has 2 aromatic heterocycles.